The molecular weight excluding hydrogens is 496 g/mol. The van der Waals surface area contributed by atoms with Crippen molar-refractivity contribution < 1.29 is 14.3 Å². The lowest BCUT2D eigenvalue weighted by molar-refractivity contribution is -0.121. The van der Waals surface area contributed by atoms with Gasteiger partial charge in [0.15, 0.2) is 0 Å². The average molecular weight is 535 g/mol. The lowest BCUT2D eigenvalue weighted by Gasteiger charge is -2.28. The SMILES string of the molecule is COc1cc(NC(=O)C2CCC(n3c(=O)[nH]c4c(C(=O)NCCN5CCNCC5)cccc43)CC2)ccc1C. The molecule has 0 atom stereocenters. The smallest absolute Gasteiger partial charge is 0.326 e. The van der Waals surface area contributed by atoms with Crippen molar-refractivity contribution in [2.45, 2.75) is 38.6 Å². The Balaban J connectivity index is 1.22. The molecule has 39 heavy (non-hydrogen) atoms. The largest absolute Gasteiger partial charge is 0.496 e. The van der Waals surface area contributed by atoms with Crippen LogP contribution in [-0.4, -0.2) is 72.6 Å². The van der Waals surface area contributed by atoms with E-state index >= 15 is 0 Å². The van der Waals surface area contributed by atoms with Crippen LogP contribution in [0.4, 0.5) is 5.69 Å². The first-order valence-corrected chi connectivity index (χ1v) is 13.8. The van der Waals surface area contributed by atoms with E-state index in [1.165, 1.54) is 0 Å². The summed E-state index contributed by atoms with van der Waals surface area (Å²) >= 11 is 0. The molecule has 2 aliphatic rings. The van der Waals surface area contributed by atoms with Crippen LogP contribution in [0.1, 0.15) is 47.6 Å². The molecule has 0 unspecified atom stereocenters. The number of para-hydroxylation sites is 1. The molecule has 2 amide bonds. The second-order valence-corrected chi connectivity index (χ2v) is 10.5. The number of H-pyrrole nitrogens is 1. The van der Waals surface area contributed by atoms with Gasteiger partial charge in [-0.3, -0.25) is 19.1 Å². The zero-order valence-electron chi connectivity index (χ0n) is 22.7. The Morgan fingerprint density at radius 3 is 2.59 bits per heavy atom. The maximum absolute atomic E-state index is 13.0. The van der Waals surface area contributed by atoms with Gasteiger partial charge >= 0.3 is 5.69 Å². The molecule has 1 aromatic heterocycles. The number of aromatic amines is 1. The summed E-state index contributed by atoms with van der Waals surface area (Å²) in [7, 11) is 1.62. The van der Waals surface area contributed by atoms with Crippen molar-refractivity contribution in [1.29, 1.82) is 0 Å². The Morgan fingerprint density at radius 1 is 1.08 bits per heavy atom. The van der Waals surface area contributed by atoms with Gasteiger partial charge in [-0.05, 0) is 56.4 Å². The van der Waals surface area contributed by atoms with Gasteiger partial charge in [0.1, 0.15) is 5.75 Å². The van der Waals surface area contributed by atoms with E-state index in [-0.39, 0.29) is 29.5 Å². The normalized spacial score (nSPS) is 20.1. The van der Waals surface area contributed by atoms with Crippen LogP contribution < -0.4 is 26.4 Å². The number of carbonyl (C=O) groups excluding carboxylic acids is 2. The molecule has 10 heteroatoms. The summed E-state index contributed by atoms with van der Waals surface area (Å²) in [6.07, 6.45) is 2.79. The maximum Gasteiger partial charge on any atom is 0.326 e. The fourth-order valence-electron chi connectivity index (χ4n) is 5.80. The molecule has 2 aromatic carbocycles. The Labute approximate surface area is 228 Å². The third-order valence-corrected chi connectivity index (χ3v) is 8.03. The number of aryl methyl sites for hydroxylation is 1. The summed E-state index contributed by atoms with van der Waals surface area (Å²) in [5.41, 5.74) is 3.29. The molecule has 0 spiro atoms. The van der Waals surface area contributed by atoms with Crippen LogP contribution >= 0.6 is 0 Å². The third-order valence-electron chi connectivity index (χ3n) is 8.03. The van der Waals surface area contributed by atoms with Crippen molar-refractivity contribution in [3.63, 3.8) is 0 Å². The zero-order valence-corrected chi connectivity index (χ0v) is 22.7. The number of nitrogens with zero attached hydrogens (tertiary/aromatic N) is 2. The Bertz CT molecular complexity index is 1380. The number of benzene rings is 2. The van der Waals surface area contributed by atoms with Gasteiger partial charge in [0.25, 0.3) is 5.91 Å². The number of methoxy groups -OCH3 is 1. The maximum atomic E-state index is 13.0. The molecule has 2 fully saturated rings. The lowest BCUT2D eigenvalue weighted by atomic mass is 9.85. The standard InChI is InChI=1S/C29H38N6O4/c1-19-6-9-21(18-25(19)39-2)32-27(36)20-7-10-22(11-8-20)35-24-5-3-4-23(26(24)33-29(35)38)28(37)31-14-17-34-15-12-30-13-16-34/h3-6,9,18,20,22,30H,7-8,10-17H2,1-2H3,(H,31,37)(H,32,36)(H,33,38). The van der Waals surface area contributed by atoms with Gasteiger partial charge in [0, 0.05) is 63.0 Å². The Kier molecular flexibility index (Phi) is 8.33. The number of anilines is 1. The lowest BCUT2D eigenvalue weighted by Crippen LogP contribution is -2.46. The number of nitrogens with one attached hydrogen (secondary N) is 4. The molecule has 5 rings (SSSR count). The summed E-state index contributed by atoms with van der Waals surface area (Å²) < 4.78 is 7.14. The van der Waals surface area contributed by atoms with E-state index in [9.17, 15) is 14.4 Å². The summed E-state index contributed by atoms with van der Waals surface area (Å²) in [5, 5.41) is 9.36. The van der Waals surface area contributed by atoms with Gasteiger partial charge in [-0.15, -0.1) is 0 Å². The van der Waals surface area contributed by atoms with Crippen LogP contribution in [0.15, 0.2) is 41.2 Å². The van der Waals surface area contributed by atoms with E-state index in [0.29, 0.717) is 43.3 Å². The summed E-state index contributed by atoms with van der Waals surface area (Å²) in [4.78, 5) is 44.3. The molecule has 2 heterocycles. The molecule has 0 radical (unpaired) electrons. The first kappa shape index (κ1) is 27.0. The van der Waals surface area contributed by atoms with E-state index in [1.54, 1.807) is 17.7 Å². The van der Waals surface area contributed by atoms with E-state index in [0.717, 1.165) is 55.2 Å². The topological polar surface area (TPSA) is 120 Å². The van der Waals surface area contributed by atoms with Crippen LogP contribution in [-0.2, 0) is 4.79 Å². The molecule has 1 aliphatic heterocycles. The van der Waals surface area contributed by atoms with E-state index < -0.39 is 0 Å². The molecular formula is C29H38N6O4. The van der Waals surface area contributed by atoms with E-state index in [4.69, 9.17) is 4.74 Å². The predicted molar refractivity (Wildman–Crippen MR) is 152 cm³/mol. The molecule has 1 aliphatic carbocycles. The number of ether oxygens (including phenoxy) is 1. The van der Waals surface area contributed by atoms with Gasteiger partial charge < -0.3 is 25.7 Å². The molecule has 10 nitrogen and oxygen atoms in total. The minimum absolute atomic E-state index is 0.00889. The van der Waals surface area contributed by atoms with Crippen LogP contribution in [0.3, 0.4) is 0 Å². The Morgan fingerprint density at radius 2 is 1.85 bits per heavy atom. The summed E-state index contributed by atoms with van der Waals surface area (Å²) in [6.45, 7) is 7.21. The second-order valence-electron chi connectivity index (χ2n) is 10.5. The quantitative estimate of drug-likeness (QED) is 0.353. The number of aromatic nitrogens is 2. The number of hydrogen-bond acceptors (Lipinski definition) is 6. The highest BCUT2D eigenvalue weighted by atomic mass is 16.5. The van der Waals surface area contributed by atoms with Gasteiger partial charge in [-0.1, -0.05) is 12.1 Å². The van der Waals surface area contributed by atoms with Crippen molar-refractivity contribution in [3.8, 4) is 5.75 Å². The third kappa shape index (κ3) is 6.02. The van der Waals surface area contributed by atoms with Gasteiger partial charge in [-0.25, -0.2) is 4.79 Å². The molecule has 1 saturated heterocycles. The summed E-state index contributed by atoms with van der Waals surface area (Å²) in [5.74, 6) is 0.428. The van der Waals surface area contributed by atoms with Crippen molar-refractivity contribution in [3.05, 3.63) is 58.0 Å². The predicted octanol–water partition coefficient (Wildman–Crippen LogP) is 2.65. The van der Waals surface area contributed by atoms with Crippen LogP contribution in [0.5, 0.6) is 5.75 Å². The molecule has 4 N–H and O–H groups in total. The van der Waals surface area contributed by atoms with Crippen LogP contribution in [0.25, 0.3) is 11.0 Å². The highest BCUT2D eigenvalue weighted by Gasteiger charge is 2.29. The first-order chi connectivity index (χ1) is 18.9. The number of imidazole rings is 1. The van der Waals surface area contributed by atoms with Crippen molar-refractivity contribution in [2.75, 3.05) is 51.7 Å². The molecule has 1 saturated carbocycles. The van der Waals surface area contributed by atoms with Crippen molar-refractivity contribution in [1.82, 2.24) is 25.1 Å². The zero-order chi connectivity index (χ0) is 27.4. The number of fused-ring (bicyclic) bond motifs is 1. The van der Waals surface area contributed by atoms with Crippen LogP contribution in [0.2, 0.25) is 0 Å². The number of piperazine rings is 1. The van der Waals surface area contributed by atoms with E-state index in [2.05, 4.69) is 25.8 Å². The van der Waals surface area contributed by atoms with E-state index in [1.807, 2.05) is 37.3 Å². The van der Waals surface area contributed by atoms with Gasteiger partial charge in [0.2, 0.25) is 5.91 Å². The molecule has 208 valence electrons. The van der Waals surface area contributed by atoms with Crippen molar-refractivity contribution in [2.24, 2.45) is 5.92 Å². The minimum Gasteiger partial charge on any atom is -0.496 e. The molecule has 0 bridgehead atoms. The van der Waals surface area contributed by atoms with Gasteiger partial charge in [-0.2, -0.15) is 0 Å². The number of hydrogen-bond donors (Lipinski definition) is 4. The number of rotatable bonds is 8. The summed E-state index contributed by atoms with van der Waals surface area (Å²) in [6, 6.07) is 11.1. The fraction of sp³-hybridized carbons (Fsp3) is 0.483. The minimum atomic E-state index is -0.217. The monoisotopic (exact) mass is 534 g/mol. The first-order valence-electron chi connectivity index (χ1n) is 13.8. The van der Waals surface area contributed by atoms with Gasteiger partial charge in [0.05, 0.1) is 23.7 Å². The fourth-order valence-corrected chi connectivity index (χ4v) is 5.80. The number of carbonyl (C=O) groups is 2. The highest BCUT2D eigenvalue weighted by Crippen LogP contribution is 2.34. The highest BCUT2D eigenvalue weighted by molar-refractivity contribution is 6.05. The van der Waals surface area contributed by atoms with Crippen LogP contribution in [0, 0.1) is 12.8 Å². The Hall–Kier alpha value is -3.63. The second kappa shape index (κ2) is 12.0. The number of amides is 2. The molecule has 3 aromatic rings. The van der Waals surface area contributed by atoms with Crippen molar-refractivity contribution >= 4 is 28.5 Å². The average Bonchev–Trinajstić information content (AvgIpc) is 3.30.